The lowest BCUT2D eigenvalue weighted by molar-refractivity contribution is 0.0710. The summed E-state index contributed by atoms with van der Waals surface area (Å²) in [5.74, 6) is -0.372. The SMILES string of the molecule is CC(NC(=O)c1ccccc1S(=O)(=O)C(C)C)C1CCCO1. The molecule has 1 fully saturated rings. The fraction of sp³-hybridized carbons (Fsp3) is 0.562. The van der Waals surface area contributed by atoms with Crippen molar-refractivity contribution in [2.45, 2.75) is 55.9 Å². The van der Waals surface area contributed by atoms with Gasteiger partial charge in [-0.15, -0.1) is 0 Å². The van der Waals surface area contributed by atoms with Gasteiger partial charge in [-0.25, -0.2) is 8.42 Å². The van der Waals surface area contributed by atoms with Gasteiger partial charge < -0.3 is 10.1 Å². The zero-order chi connectivity index (χ0) is 16.3. The Bertz CT molecular complexity index is 633. The highest BCUT2D eigenvalue weighted by molar-refractivity contribution is 7.92. The van der Waals surface area contributed by atoms with E-state index in [2.05, 4.69) is 5.32 Å². The van der Waals surface area contributed by atoms with Gasteiger partial charge in [-0.2, -0.15) is 0 Å². The molecule has 1 aromatic rings. The number of hydrogen-bond donors (Lipinski definition) is 1. The molecule has 122 valence electrons. The van der Waals surface area contributed by atoms with Crippen molar-refractivity contribution in [1.29, 1.82) is 0 Å². The molecule has 6 heteroatoms. The van der Waals surface area contributed by atoms with E-state index in [4.69, 9.17) is 4.74 Å². The molecule has 0 radical (unpaired) electrons. The lowest BCUT2D eigenvalue weighted by Crippen LogP contribution is -2.41. The van der Waals surface area contributed by atoms with E-state index < -0.39 is 15.1 Å². The Morgan fingerprint density at radius 1 is 1.27 bits per heavy atom. The summed E-state index contributed by atoms with van der Waals surface area (Å²) >= 11 is 0. The number of nitrogens with one attached hydrogen (secondary N) is 1. The second kappa shape index (κ2) is 6.79. The van der Waals surface area contributed by atoms with Gasteiger partial charge in [-0.05, 0) is 45.7 Å². The minimum atomic E-state index is -3.50. The van der Waals surface area contributed by atoms with Crippen LogP contribution in [0.1, 0.15) is 44.0 Å². The first kappa shape index (κ1) is 17.0. The second-order valence-corrected chi connectivity index (χ2v) is 8.38. The van der Waals surface area contributed by atoms with Crippen LogP contribution >= 0.6 is 0 Å². The largest absolute Gasteiger partial charge is 0.376 e. The van der Waals surface area contributed by atoms with Crippen LogP contribution in [0.3, 0.4) is 0 Å². The predicted octanol–water partition coefficient (Wildman–Crippen LogP) is 2.17. The molecule has 1 aliphatic rings. The summed E-state index contributed by atoms with van der Waals surface area (Å²) in [5.41, 5.74) is 0.195. The molecule has 2 unspecified atom stereocenters. The Balaban J connectivity index is 2.23. The average molecular weight is 325 g/mol. The van der Waals surface area contributed by atoms with Gasteiger partial charge >= 0.3 is 0 Å². The van der Waals surface area contributed by atoms with Crippen molar-refractivity contribution in [3.8, 4) is 0 Å². The lowest BCUT2D eigenvalue weighted by atomic mass is 10.1. The maximum atomic E-state index is 12.5. The van der Waals surface area contributed by atoms with Crippen LogP contribution in [0.25, 0.3) is 0 Å². The number of ether oxygens (including phenoxy) is 1. The van der Waals surface area contributed by atoms with Crippen molar-refractivity contribution in [3.63, 3.8) is 0 Å². The molecule has 1 amide bonds. The third-order valence-corrected chi connectivity index (χ3v) is 6.15. The van der Waals surface area contributed by atoms with Crippen LogP contribution in [0.4, 0.5) is 0 Å². The molecule has 0 saturated carbocycles. The number of hydrogen-bond acceptors (Lipinski definition) is 4. The number of sulfone groups is 1. The van der Waals surface area contributed by atoms with Crippen LogP contribution in [-0.2, 0) is 14.6 Å². The summed E-state index contributed by atoms with van der Waals surface area (Å²) in [6, 6.07) is 6.19. The quantitative estimate of drug-likeness (QED) is 0.900. The fourth-order valence-corrected chi connectivity index (χ4v) is 3.77. The summed E-state index contributed by atoms with van der Waals surface area (Å²) in [5, 5.41) is 2.29. The Morgan fingerprint density at radius 2 is 1.95 bits per heavy atom. The van der Waals surface area contributed by atoms with Crippen molar-refractivity contribution >= 4 is 15.7 Å². The first-order valence-corrected chi connectivity index (χ1v) is 9.14. The van der Waals surface area contributed by atoms with E-state index in [1.807, 2.05) is 6.92 Å². The Labute approximate surface area is 132 Å². The molecule has 1 saturated heterocycles. The molecule has 0 bridgehead atoms. The topological polar surface area (TPSA) is 72.5 Å². The van der Waals surface area contributed by atoms with Crippen LogP contribution in [0.2, 0.25) is 0 Å². The third-order valence-electron chi connectivity index (χ3n) is 3.94. The first-order valence-electron chi connectivity index (χ1n) is 7.59. The first-order chi connectivity index (χ1) is 10.3. The average Bonchev–Trinajstić information content (AvgIpc) is 3.01. The second-order valence-electron chi connectivity index (χ2n) is 5.90. The maximum Gasteiger partial charge on any atom is 0.252 e. The molecule has 5 nitrogen and oxygen atoms in total. The van der Waals surface area contributed by atoms with E-state index >= 15 is 0 Å². The van der Waals surface area contributed by atoms with Crippen molar-refractivity contribution in [2.75, 3.05) is 6.61 Å². The molecule has 1 N–H and O–H groups in total. The molecule has 22 heavy (non-hydrogen) atoms. The lowest BCUT2D eigenvalue weighted by Gasteiger charge is -2.21. The molecule has 1 aromatic carbocycles. The Hall–Kier alpha value is -1.40. The van der Waals surface area contributed by atoms with Gasteiger partial charge in [0.2, 0.25) is 0 Å². The van der Waals surface area contributed by atoms with Crippen LogP contribution in [0, 0.1) is 0 Å². The zero-order valence-corrected chi connectivity index (χ0v) is 14.0. The molecule has 2 atom stereocenters. The molecule has 0 spiro atoms. The summed E-state index contributed by atoms with van der Waals surface area (Å²) in [6.45, 7) is 5.81. The van der Waals surface area contributed by atoms with Gasteiger partial charge in [0.25, 0.3) is 5.91 Å². The van der Waals surface area contributed by atoms with Gasteiger partial charge in [0.1, 0.15) is 0 Å². The molecular formula is C16H23NO4S. The minimum absolute atomic E-state index is 0.00202. The fourth-order valence-electron chi connectivity index (χ4n) is 2.53. The number of rotatable bonds is 5. The molecular weight excluding hydrogens is 302 g/mol. The van der Waals surface area contributed by atoms with Gasteiger partial charge in [0.15, 0.2) is 9.84 Å². The van der Waals surface area contributed by atoms with Crippen molar-refractivity contribution in [1.82, 2.24) is 5.32 Å². The molecule has 1 aliphatic heterocycles. The smallest absolute Gasteiger partial charge is 0.252 e. The molecule has 0 aromatic heterocycles. The highest BCUT2D eigenvalue weighted by Crippen LogP contribution is 2.21. The van der Waals surface area contributed by atoms with E-state index in [0.717, 1.165) is 12.8 Å². The normalized spacial score (nSPS) is 20.1. The van der Waals surface area contributed by atoms with E-state index in [1.165, 1.54) is 6.07 Å². The molecule has 0 aliphatic carbocycles. The summed E-state index contributed by atoms with van der Waals surface area (Å²) in [4.78, 5) is 12.6. The standard InChI is InChI=1S/C16H23NO4S/c1-11(2)22(19,20)15-9-5-4-7-13(15)16(18)17-12(3)14-8-6-10-21-14/h4-5,7,9,11-12,14H,6,8,10H2,1-3H3,(H,17,18). The van der Waals surface area contributed by atoms with Gasteiger partial charge in [-0.3, -0.25) is 4.79 Å². The van der Waals surface area contributed by atoms with Gasteiger partial charge in [-0.1, -0.05) is 12.1 Å². The minimum Gasteiger partial charge on any atom is -0.376 e. The number of amides is 1. The van der Waals surface area contributed by atoms with Crippen LogP contribution in [0.15, 0.2) is 29.2 Å². The van der Waals surface area contributed by atoms with Crippen molar-refractivity contribution in [3.05, 3.63) is 29.8 Å². The number of benzene rings is 1. The zero-order valence-electron chi connectivity index (χ0n) is 13.2. The van der Waals surface area contributed by atoms with E-state index in [9.17, 15) is 13.2 Å². The summed E-state index contributed by atoms with van der Waals surface area (Å²) < 4.78 is 30.3. The summed E-state index contributed by atoms with van der Waals surface area (Å²) in [7, 11) is -3.50. The molecule has 2 rings (SSSR count). The van der Waals surface area contributed by atoms with Crippen LogP contribution in [-0.4, -0.2) is 38.3 Å². The molecule has 1 heterocycles. The Morgan fingerprint density at radius 3 is 2.55 bits per heavy atom. The van der Waals surface area contributed by atoms with Crippen LogP contribution in [0.5, 0.6) is 0 Å². The number of carbonyl (C=O) groups is 1. The van der Waals surface area contributed by atoms with Crippen molar-refractivity contribution < 1.29 is 17.9 Å². The highest BCUT2D eigenvalue weighted by Gasteiger charge is 2.28. The van der Waals surface area contributed by atoms with E-state index in [0.29, 0.717) is 6.61 Å². The Kier molecular flexibility index (Phi) is 5.24. The monoisotopic (exact) mass is 325 g/mol. The van der Waals surface area contributed by atoms with Gasteiger partial charge in [0, 0.05) is 6.61 Å². The van der Waals surface area contributed by atoms with E-state index in [-0.39, 0.29) is 28.5 Å². The van der Waals surface area contributed by atoms with E-state index in [1.54, 1.807) is 32.0 Å². The van der Waals surface area contributed by atoms with Crippen molar-refractivity contribution in [2.24, 2.45) is 0 Å². The van der Waals surface area contributed by atoms with Gasteiger partial charge in [0.05, 0.1) is 27.9 Å². The van der Waals surface area contributed by atoms with Crippen LogP contribution < -0.4 is 5.32 Å². The highest BCUT2D eigenvalue weighted by atomic mass is 32.2. The summed E-state index contributed by atoms with van der Waals surface area (Å²) in [6.07, 6.45) is 1.90. The number of carbonyl (C=O) groups excluding carboxylic acids is 1. The third kappa shape index (κ3) is 3.50. The predicted molar refractivity (Wildman–Crippen MR) is 84.7 cm³/mol. The maximum absolute atomic E-state index is 12.5.